The number of rotatable bonds is 4. The molecule has 1 aliphatic heterocycles. The van der Waals surface area contributed by atoms with Crippen molar-refractivity contribution in [2.24, 2.45) is 0 Å². The summed E-state index contributed by atoms with van der Waals surface area (Å²) in [5.41, 5.74) is 0.824. The third kappa shape index (κ3) is 3.03. The molecule has 1 N–H and O–H groups in total. The average molecular weight is 250 g/mol. The summed E-state index contributed by atoms with van der Waals surface area (Å²) in [4.78, 5) is 0. The molecule has 3 heteroatoms. The maximum Gasteiger partial charge on any atom is 0.125 e. The molecule has 3 atom stereocenters. The van der Waals surface area contributed by atoms with Gasteiger partial charge in [-0.15, -0.1) is 0 Å². The molecule has 0 spiro atoms. The molecule has 1 aliphatic rings. The molecule has 0 aliphatic carbocycles. The third-order valence-corrected chi connectivity index (χ3v) is 3.22. The Bertz CT molecular complexity index is 389. The van der Waals surface area contributed by atoms with Crippen LogP contribution < -0.4 is 4.74 Å². The Hall–Kier alpha value is -1.06. The molecule has 3 nitrogen and oxygen atoms in total. The lowest BCUT2D eigenvalue weighted by molar-refractivity contribution is -0.0309. The fourth-order valence-electron chi connectivity index (χ4n) is 2.35. The van der Waals surface area contributed by atoms with Crippen LogP contribution in [0, 0.1) is 0 Å². The predicted octanol–water partition coefficient (Wildman–Crippen LogP) is 3.07. The molecule has 2 rings (SSSR count). The maximum absolute atomic E-state index is 10.4. The van der Waals surface area contributed by atoms with Crippen molar-refractivity contribution >= 4 is 0 Å². The Morgan fingerprint density at radius 2 is 2.00 bits per heavy atom. The minimum atomic E-state index is -0.607. The van der Waals surface area contributed by atoms with Crippen LogP contribution in [0.3, 0.4) is 0 Å². The molecule has 1 saturated heterocycles. The van der Waals surface area contributed by atoms with Crippen LogP contribution in [-0.4, -0.2) is 23.4 Å². The maximum atomic E-state index is 10.4. The minimum Gasteiger partial charge on any atom is -0.491 e. The molecular formula is C15H22O3. The molecule has 1 heterocycles. The SMILES string of the molecule is CC(C)Oc1ccccc1C(O)C1CCC(C)O1. The topological polar surface area (TPSA) is 38.7 Å². The molecule has 0 aromatic heterocycles. The quantitative estimate of drug-likeness (QED) is 0.892. The van der Waals surface area contributed by atoms with E-state index >= 15 is 0 Å². The Balaban J connectivity index is 2.16. The molecule has 0 radical (unpaired) electrons. The first-order valence-corrected chi connectivity index (χ1v) is 6.67. The van der Waals surface area contributed by atoms with E-state index in [1.165, 1.54) is 0 Å². The van der Waals surface area contributed by atoms with Gasteiger partial charge in [-0.25, -0.2) is 0 Å². The molecule has 100 valence electrons. The van der Waals surface area contributed by atoms with Crippen LogP contribution in [0.5, 0.6) is 5.75 Å². The van der Waals surface area contributed by atoms with E-state index in [4.69, 9.17) is 9.47 Å². The van der Waals surface area contributed by atoms with Gasteiger partial charge < -0.3 is 14.6 Å². The Kier molecular flexibility index (Phi) is 4.25. The fourth-order valence-corrected chi connectivity index (χ4v) is 2.35. The van der Waals surface area contributed by atoms with Crippen LogP contribution in [0.25, 0.3) is 0 Å². The summed E-state index contributed by atoms with van der Waals surface area (Å²) >= 11 is 0. The molecule has 1 aromatic rings. The van der Waals surface area contributed by atoms with E-state index in [0.29, 0.717) is 0 Å². The Labute approximate surface area is 109 Å². The van der Waals surface area contributed by atoms with Gasteiger partial charge in [0.05, 0.1) is 18.3 Å². The van der Waals surface area contributed by atoms with Gasteiger partial charge in [0, 0.05) is 5.56 Å². The summed E-state index contributed by atoms with van der Waals surface area (Å²) in [7, 11) is 0. The van der Waals surface area contributed by atoms with E-state index < -0.39 is 6.10 Å². The second kappa shape index (κ2) is 5.72. The zero-order chi connectivity index (χ0) is 13.1. The van der Waals surface area contributed by atoms with Crippen LogP contribution in [-0.2, 0) is 4.74 Å². The van der Waals surface area contributed by atoms with E-state index in [2.05, 4.69) is 0 Å². The number of benzene rings is 1. The lowest BCUT2D eigenvalue weighted by atomic mass is 10.0. The summed E-state index contributed by atoms with van der Waals surface area (Å²) < 4.78 is 11.5. The molecule has 0 amide bonds. The van der Waals surface area contributed by atoms with Crippen LogP contribution >= 0.6 is 0 Å². The number of hydrogen-bond acceptors (Lipinski definition) is 3. The predicted molar refractivity (Wildman–Crippen MR) is 70.7 cm³/mol. The van der Waals surface area contributed by atoms with Gasteiger partial charge in [-0.3, -0.25) is 0 Å². The molecule has 1 fully saturated rings. The average Bonchev–Trinajstić information content (AvgIpc) is 2.75. The van der Waals surface area contributed by atoms with Crippen LogP contribution in [0.15, 0.2) is 24.3 Å². The first kappa shape index (κ1) is 13.4. The van der Waals surface area contributed by atoms with Gasteiger partial charge in [0.25, 0.3) is 0 Å². The lowest BCUT2D eigenvalue weighted by Crippen LogP contribution is -2.20. The Morgan fingerprint density at radius 3 is 2.61 bits per heavy atom. The van der Waals surface area contributed by atoms with Gasteiger partial charge in [-0.05, 0) is 39.7 Å². The Morgan fingerprint density at radius 1 is 1.28 bits per heavy atom. The van der Waals surface area contributed by atoms with Crippen molar-refractivity contribution < 1.29 is 14.6 Å². The van der Waals surface area contributed by atoms with Crippen molar-refractivity contribution in [2.75, 3.05) is 0 Å². The summed E-state index contributed by atoms with van der Waals surface area (Å²) in [6, 6.07) is 7.65. The van der Waals surface area contributed by atoms with E-state index in [0.717, 1.165) is 24.2 Å². The summed E-state index contributed by atoms with van der Waals surface area (Å²) in [6.45, 7) is 6.01. The highest BCUT2D eigenvalue weighted by molar-refractivity contribution is 5.36. The second-order valence-electron chi connectivity index (χ2n) is 5.21. The minimum absolute atomic E-state index is 0.0989. The summed E-state index contributed by atoms with van der Waals surface area (Å²) in [6.07, 6.45) is 1.53. The molecule has 1 aromatic carbocycles. The highest BCUT2D eigenvalue weighted by Gasteiger charge is 2.30. The fraction of sp³-hybridized carbons (Fsp3) is 0.600. The summed E-state index contributed by atoms with van der Waals surface area (Å²) in [5, 5.41) is 10.4. The van der Waals surface area contributed by atoms with E-state index in [-0.39, 0.29) is 18.3 Å². The van der Waals surface area contributed by atoms with Crippen molar-refractivity contribution in [1.29, 1.82) is 0 Å². The highest BCUT2D eigenvalue weighted by atomic mass is 16.5. The first-order chi connectivity index (χ1) is 8.58. The van der Waals surface area contributed by atoms with Crippen molar-refractivity contribution in [1.82, 2.24) is 0 Å². The van der Waals surface area contributed by atoms with Crippen LogP contribution in [0.2, 0.25) is 0 Å². The van der Waals surface area contributed by atoms with Crippen LogP contribution in [0.4, 0.5) is 0 Å². The van der Waals surface area contributed by atoms with E-state index in [1.807, 2.05) is 45.0 Å². The standard InChI is InChI=1S/C15H22O3/c1-10(2)17-13-7-5-4-6-12(13)15(16)14-9-8-11(3)18-14/h4-7,10-11,14-16H,8-9H2,1-3H3. The number of aliphatic hydroxyl groups excluding tert-OH is 1. The molecule has 0 bridgehead atoms. The van der Waals surface area contributed by atoms with Gasteiger partial charge in [0.15, 0.2) is 0 Å². The van der Waals surface area contributed by atoms with Crippen LogP contribution in [0.1, 0.15) is 45.3 Å². The normalized spacial score (nSPS) is 25.4. The van der Waals surface area contributed by atoms with Gasteiger partial charge in [0.1, 0.15) is 11.9 Å². The van der Waals surface area contributed by atoms with Gasteiger partial charge >= 0.3 is 0 Å². The largest absolute Gasteiger partial charge is 0.491 e. The van der Waals surface area contributed by atoms with Gasteiger partial charge in [0.2, 0.25) is 0 Å². The van der Waals surface area contributed by atoms with Gasteiger partial charge in [-0.1, -0.05) is 18.2 Å². The van der Waals surface area contributed by atoms with Crippen molar-refractivity contribution in [3.05, 3.63) is 29.8 Å². The number of hydrogen-bond donors (Lipinski definition) is 1. The second-order valence-corrected chi connectivity index (χ2v) is 5.21. The first-order valence-electron chi connectivity index (χ1n) is 6.67. The van der Waals surface area contributed by atoms with Gasteiger partial charge in [-0.2, -0.15) is 0 Å². The zero-order valence-electron chi connectivity index (χ0n) is 11.3. The number of para-hydroxylation sites is 1. The smallest absolute Gasteiger partial charge is 0.125 e. The zero-order valence-corrected chi connectivity index (χ0v) is 11.3. The highest BCUT2D eigenvalue weighted by Crippen LogP contribution is 2.34. The molecule has 3 unspecified atom stereocenters. The monoisotopic (exact) mass is 250 g/mol. The van der Waals surface area contributed by atoms with Crippen molar-refractivity contribution in [3.63, 3.8) is 0 Å². The third-order valence-electron chi connectivity index (χ3n) is 3.22. The number of aliphatic hydroxyl groups is 1. The lowest BCUT2D eigenvalue weighted by Gasteiger charge is -2.22. The van der Waals surface area contributed by atoms with Crippen molar-refractivity contribution in [3.8, 4) is 5.75 Å². The molecular weight excluding hydrogens is 228 g/mol. The van der Waals surface area contributed by atoms with E-state index in [9.17, 15) is 5.11 Å². The van der Waals surface area contributed by atoms with Crippen molar-refractivity contribution in [2.45, 2.75) is 58.0 Å². The van der Waals surface area contributed by atoms with E-state index in [1.54, 1.807) is 0 Å². The molecule has 0 saturated carbocycles. The summed E-state index contributed by atoms with van der Waals surface area (Å²) in [5.74, 6) is 0.753. The number of ether oxygens (including phenoxy) is 2. The molecule has 18 heavy (non-hydrogen) atoms.